The Bertz CT molecular complexity index is 639. The Hall–Kier alpha value is -2.87. The van der Waals surface area contributed by atoms with Gasteiger partial charge in [0.25, 0.3) is 0 Å². The van der Waals surface area contributed by atoms with Gasteiger partial charge >= 0.3 is 5.97 Å². The lowest BCUT2D eigenvalue weighted by molar-refractivity contribution is 0.0697. The molecule has 0 aliphatic rings. The van der Waals surface area contributed by atoms with E-state index in [9.17, 15) is 4.79 Å². The SMILES string of the molecule is O=C(O)c1ccccc1.c1ccc(Cc2ccccc2)cc1. The fourth-order valence-corrected chi connectivity index (χ4v) is 2.01. The summed E-state index contributed by atoms with van der Waals surface area (Å²) in [7, 11) is 0. The van der Waals surface area contributed by atoms with Crippen LogP contribution < -0.4 is 0 Å². The summed E-state index contributed by atoms with van der Waals surface area (Å²) in [5.41, 5.74) is 3.07. The van der Waals surface area contributed by atoms with Gasteiger partial charge in [-0.1, -0.05) is 78.9 Å². The predicted octanol–water partition coefficient (Wildman–Crippen LogP) is 4.66. The fraction of sp³-hybridized carbons (Fsp3) is 0.0500. The molecular formula is C20H18O2. The highest BCUT2D eigenvalue weighted by Crippen LogP contribution is 2.07. The summed E-state index contributed by atoms with van der Waals surface area (Å²) in [6.45, 7) is 0. The van der Waals surface area contributed by atoms with Gasteiger partial charge in [0.1, 0.15) is 0 Å². The number of carboxylic acids is 1. The summed E-state index contributed by atoms with van der Waals surface area (Å²) < 4.78 is 0. The molecule has 0 saturated carbocycles. The van der Waals surface area contributed by atoms with Gasteiger partial charge < -0.3 is 5.11 Å². The van der Waals surface area contributed by atoms with Gasteiger partial charge in [0, 0.05) is 0 Å². The molecule has 0 bridgehead atoms. The lowest BCUT2D eigenvalue weighted by atomic mass is 10.1. The summed E-state index contributed by atoms with van der Waals surface area (Å²) in [5.74, 6) is -0.879. The quantitative estimate of drug-likeness (QED) is 0.761. The molecule has 0 heterocycles. The molecule has 3 aromatic carbocycles. The molecular weight excluding hydrogens is 272 g/mol. The van der Waals surface area contributed by atoms with Gasteiger partial charge in [0.15, 0.2) is 0 Å². The van der Waals surface area contributed by atoms with Crippen LogP contribution >= 0.6 is 0 Å². The Morgan fingerprint density at radius 1 is 0.636 bits per heavy atom. The molecule has 110 valence electrons. The lowest BCUT2D eigenvalue weighted by Crippen LogP contribution is -1.93. The Kier molecular flexibility index (Phi) is 5.94. The number of aromatic carboxylic acids is 1. The number of hydrogen-bond acceptors (Lipinski definition) is 1. The molecule has 0 amide bonds. The average Bonchev–Trinajstić information content (AvgIpc) is 2.58. The molecule has 0 unspecified atom stereocenters. The van der Waals surface area contributed by atoms with Crippen LogP contribution in [0.4, 0.5) is 0 Å². The minimum absolute atomic E-state index is 0.331. The van der Waals surface area contributed by atoms with E-state index in [1.54, 1.807) is 30.3 Å². The van der Waals surface area contributed by atoms with Crippen molar-refractivity contribution in [3.05, 3.63) is 108 Å². The van der Waals surface area contributed by atoms with Gasteiger partial charge in [0.2, 0.25) is 0 Å². The molecule has 3 rings (SSSR count). The normalized spacial score (nSPS) is 9.45. The van der Waals surface area contributed by atoms with Crippen molar-refractivity contribution in [3.63, 3.8) is 0 Å². The van der Waals surface area contributed by atoms with Crippen LogP contribution in [0.1, 0.15) is 21.5 Å². The third-order valence-corrected chi connectivity index (χ3v) is 3.11. The number of carboxylic acid groups (broad SMARTS) is 1. The van der Waals surface area contributed by atoms with E-state index in [1.807, 2.05) is 0 Å². The first-order valence-electron chi connectivity index (χ1n) is 7.12. The smallest absolute Gasteiger partial charge is 0.335 e. The molecule has 2 nitrogen and oxygen atoms in total. The molecule has 2 heteroatoms. The van der Waals surface area contributed by atoms with Crippen molar-refractivity contribution in [2.45, 2.75) is 6.42 Å². The zero-order chi connectivity index (χ0) is 15.6. The maximum Gasteiger partial charge on any atom is 0.335 e. The van der Waals surface area contributed by atoms with Crippen LogP contribution in [0.2, 0.25) is 0 Å². The fourth-order valence-electron chi connectivity index (χ4n) is 2.01. The standard InChI is InChI=1S/C13H12.C7H6O2/c1-3-7-12(8-4-1)11-13-9-5-2-6-10-13;8-7(9)6-4-2-1-3-5-6/h1-10H,11H2;1-5H,(H,8,9). The van der Waals surface area contributed by atoms with Gasteiger partial charge in [-0.25, -0.2) is 4.79 Å². The van der Waals surface area contributed by atoms with Crippen LogP contribution in [0.5, 0.6) is 0 Å². The van der Waals surface area contributed by atoms with Crippen LogP contribution in [0, 0.1) is 0 Å². The molecule has 0 aliphatic carbocycles. The molecule has 0 fully saturated rings. The minimum Gasteiger partial charge on any atom is -0.478 e. The summed E-state index contributed by atoms with van der Waals surface area (Å²) in [5, 5.41) is 8.38. The van der Waals surface area contributed by atoms with E-state index in [2.05, 4.69) is 60.7 Å². The summed E-state index contributed by atoms with van der Waals surface area (Å²) in [6.07, 6.45) is 1.03. The van der Waals surface area contributed by atoms with Crippen molar-refractivity contribution in [2.75, 3.05) is 0 Å². The Labute approximate surface area is 130 Å². The molecule has 0 radical (unpaired) electrons. The Morgan fingerprint density at radius 3 is 1.32 bits per heavy atom. The van der Waals surface area contributed by atoms with Crippen molar-refractivity contribution in [2.24, 2.45) is 0 Å². The van der Waals surface area contributed by atoms with Crippen molar-refractivity contribution in [1.82, 2.24) is 0 Å². The van der Waals surface area contributed by atoms with Gasteiger partial charge in [-0.05, 0) is 29.7 Å². The Balaban J connectivity index is 0.000000172. The maximum atomic E-state index is 10.2. The lowest BCUT2D eigenvalue weighted by Gasteiger charge is -2.00. The monoisotopic (exact) mass is 290 g/mol. The first-order valence-corrected chi connectivity index (χ1v) is 7.12. The zero-order valence-corrected chi connectivity index (χ0v) is 12.2. The number of hydrogen-bond donors (Lipinski definition) is 1. The van der Waals surface area contributed by atoms with Crippen LogP contribution in [0.3, 0.4) is 0 Å². The van der Waals surface area contributed by atoms with Crippen molar-refractivity contribution in [3.8, 4) is 0 Å². The third-order valence-electron chi connectivity index (χ3n) is 3.11. The Morgan fingerprint density at radius 2 is 1.00 bits per heavy atom. The summed E-state index contributed by atoms with van der Waals surface area (Å²) in [4.78, 5) is 10.2. The first kappa shape index (κ1) is 15.5. The van der Waals surface area contributed by atoms with Gasteiger partial charge in [-0.3, -0.25) is 0 Å². The molecule has 0 aliphatic heterocycles. The highest BCUT2D eigenvalue weighted by Gasteiger charge is 1.96. The van der Waals surface area contributed by atoms with E-state index in [1.165, 1.54) is 11.1 Å². The van der Waals surface area contributed by atoms with Crippen LogP contribution in [-0.4, -0.2) is 11.1 Å². The topological polar surface area (TPSA) is 37.3 Å². The average molecular weight is 290 g/mol. The van der Waals surface area contributed by atoms with Crippen LogP contribution in [-0.2, 0) is 6.42 Å². The van der Waals surface area contributed by atoms with Gasteiger partial charge in [-0.15, -0.1) is 0 Å². The summed E-state index contributed by atoms with van der Waals surface area (Å²) >= 11 is 0. The van der Waals surface area contributed by atoms with E-state index in [4.69, 9.17) is 5.11 Å². The first-order chi connectivity index (χ1) is 10.8. The molecule has 3 aromatic rings. The second-order valence-corrected chi connectivity index (χ2v) is 4.82. The second kappa shape index (κ2) is 8.42. The third kappa shape index (κ3) is 5.25. The predicted molar refractivity (Wildman–Crippen MR) is 89.1 cm³/mol. The highest BCUT2D eigenvalue weighted by molar-refractivity contribution is 5.87. The molecule has 0 atom stereocenters. The molecule has 1 N–H and O–H groups in total. The number of carbonyl (C=O) groups is 1. The van der Waals surface area contributed by atoms with E-state index in [0.29, 0.717) is 5.56 Å². The molecule has 0 aromatic heterocycles. The van der Waals surface area contributed by atoms with E-state index in [0.717, 1.165) is 6.42 Å². The highest BCUT2D eigenvalue weighted by atomic mass is 16.4. The van der Waals surface area contributed by atoms with Crippen molar-refractivity contribution < 1.29 is 9.90 Å². The minimum atomic E-state index is -0.879. The number of rotatable bonds is 3. The molecule has 0 spiro atoms. The van der Waals surface area contributed by atoms with Gasteiger partial charge in [0.05, 0.1) is 5.56 Å². The van der Waals surface area contributed by atoms with Crippen LogP contribution in [0.25, 0.3) is 0 Å². The van der Waals surface area contributed by atoms with Crippen molar-refractivity contribution in [1.29, 1.82) is 0 Å². The van der Waals surface area contributed by atoms with E-state index >= 15 is 0 Å². The second-order valence-electron chi connectivity index (χ2n) is 4.82. The largest absolute Gasteiger partial charge is 0.478 e. The molecule has 22 heavy (non-hydrogen) atoms. The van der Waals surface area contributed by atoms with Gasteiger partial charge in [-0.2, -0.15) is 0 Å². The van der Waals surface area contributed by atoms with E-state index in [-0.39, 0.29) is 0 Å². The number of benzene rings is 3. The van der Waals surface area contributed by atoms with Crippen LogP contribution in [0.15, 0.2) is 91.0 Å². The molecule has 0 saturated heterocycles. The van der Waals surface area contributed by atoms with E-state index < -0.39 is 5.97 Å². The zero-order valence-electron chi connectivity index (χ0n) is 12.2. The summed E-state index contributed by atoms with van der Waals surface area (Å²) in [6, 6.07) is 29.4. The van der Waals surface area contributed by atoms with Crippen molar-refractivity contribution >= 4 is 5.97 Å². The maximum absolute atomic E-state index is 10.2.